The molecule has 20 heavy (non-hydrogen) atoms. The van der Waals surface area contributed by atoms with E-state index < -0.39 is 0 Å². The monoisotopic (exact) mass is 282 g/mol. The van der Waals surface area contributed by atoms with Gasteiger partial charge in [-0.15, -0.1) is 0 Å². The van der Waals surface area contributed by atoms with Crippen LogP contribution in [0.5, 0.6) is 0 Å². The van der Waals surface area contributed by atoms with E-state index in [2.05, 4.69) is 0 Å². The normalized spacial score (nSPS) is 28.9. The number of nitrogens with two attached hydrogens (primary N) is 2. The van der Waals surface area contributed by atoms with Crippen molar-refractivity contribution in [2.45, 2.75) is 38.1 Å². The highest BCUT2D eigenvalue weighted by Crippen LogP contribution is 2.25. The van der Waals surface area contributed by atoms with Crippen LogP contribution in [0.2, 0.25) is 0 Å². The molecule has 0 aromatic carbocycles. The largest absolute Gasteiger partial charge is 0.369 e. The van der Waals surface area contributed by atoms with Crippen LogP contribution >= 0.6 is 0 Å². The zero-order valence-corrected chi connectivity index (χ0v) is 12.1. The van der Waals surface area contributed by atoms with Crippen LogP contribution in [-0.4, -0.2) is 60.4 Å². The first-order chi connectivity index (χ1) is 9.58. The molecule has 1 saturated heterocycles. The van der Waals surface area contributed by atoms with Gasteiger partial charge in [0, 0.05) is 32.2 Å². The van der Waals surface area contributed by atoms with Gasteiger partial charge in [0.1, 0.15) is 0 Å². The predicted octanol–water partition coefficient (Wildman–Crippen LogP) is -0.476. The Labute approximate surface area is 120 Å². The van der Waals surface area contributed by atoms with Crippen LogP contribution in [0, 0.1) is 5.92 Å². The lowest BCUT2D eigenvalue weighted by Gasteiger charge is -2.32. The molecule has 2 aliphatic rings. The third-order valence-electron chi connectivity index (χ3n) is 4.42. The van der Waals surface area contributed by atoms with Gasteiger partial charge in [-0.3, -0.25) is 14.5 Å². The van der Waals surface area contributed by atoms with Crippen molar-refractivity contribution in [2.75, 3.05) is 32.7 Å². The minimum Gasteiger partial charge on any atom is -0.369 e. The van der Waals surface area contributed by atoms with Gasteiger partial charge in [-0.25, -0.2) is 0 Å². The highest BCUT2D eigenvalue weighted by molar-refractivity contribution is 5.79. The molecule has 1 aliphatic heterocycles. The number of hydrogen-bond donors (Lipinski definition) is 2. The predicted molar refractivity (Wildman–Crippen MR) is 76.8 cm³/mol. The summed E-state index contributed by atoms with van der Waals surface area (Å²) in [4.78, 5) is 27.5. The third-order valence-corrected chi connectivity index (χ3v) is 4.42. The molecule has 114 valence electrons. The topological polar surface area (TPSA) is 92.7 Å². The van der Waals surface area contributed by atoms with E-state index in [-0.39, 0.29) is 30.3 Å². The number of nitrogens with zero attached hydrogens (tertiary/aromatic N) is 2. The maximum atomic E-state index is 12.6. The average Bonchev–Trinajstić information content (AvgIpc) is 2.63. The lowest BCUT2D eigenvalue weighted by Crippen LogP contribution is -2.47. The van der Waals surface area contributed by atoms with Crippen molar-refractivity contribution in [3.63, 3.8) is 0 Å². The Bertz CT molecular complexity index is 361. The Kier molecular flexibility index (Phi) is 5.37. The SMILES string of the molecule is NC(=O)CN1CCCN(C(=O)C2CCCCC2N)CC1. The first-order valence-electron chi connectivity index (χ1n) is 7.63. The van der Waals surface area contributed by atoms with Crippen LogP contribution in [0.4, 0.5) is 0 Å². The van der Waals surface area contributed by atoms with E-state index in [1.54, 1.807) is 0 Å². The van der Waals surface area contributed by atoms with E-state index in [9.17, 15) is 9.59 Å². The Balaban J connectivity index is 1.89. The molecule has 0 spiro atoms. The van der Waals surface area contributed by atoms with E-state index in [1.165, 1.54) is 0 Å². The maximum Gasteiger partial charge on any atom is 0.231 e. The van der Waals surface area contributed by atoms with Crippen LogP contribution in [0.3, 0.4) is 0 Å². The van der Waals surface area contributed by atoms with E-state index >= 15 is 0 Å². The summed E-state index contributed by atoms with van der Waals surface area (Å²) < 4.78 is 0. The van der Waals surface area contributed by atoms with Crippen LogP contribution < -0.4 is 11.5 Å². The second kappa shape index (κ2) is 7.04. The molecular weight excluding hydrogens is 256 g/mol. The van der Waals surface area contributed by atoms with Crippen molar-refractivity contribution in [2.24, 2.45) is 17.4 Å². The first kappa shape index (κ1) is 15.3. The third kappa shape index (κ3) is 3.93. The van der Waals surface area contributed by atoms with Crippen LogP contribution in [-0.2, 0) is 9.59 Å². The zero-order valence-electron chi connectivity index (χ0n) is 12.1. The minimum atomic E-state index is -0.306. The molecule has 2 fully saturated rings. The van der Waals surface area contributed by atoms with Gasteiger partial charge >= 0.3 is 0 Å². The van der Waals surface area contributed by atoms with Crippen LogP contribution in [0.1, 0.15) is 32.1 Å². The van der Waals surface area contributed by atoms with Gasteiger partial charge in [-0.2, -0.15) is 0 Å². The Morgan fingerprint density at radius 3 is 2.45 bits per heavy atom. The van der Waals surface area contributed by atoms with Gasteiger partial charge in [0.15, 0.2) is 0 Å². The van der Waals surface area contributed by atoms with Gasteiger partial charge in [-0.05, 0) is 19.3 Å². The Morgan fingerprint density at radius 2 is 1.75 bits per heavy atom. The second-order valence-electron chi connectivity index (χ2n) is 5.98. The summed E-state index contributed by atoms with van der Waals surface area (Å²) in [5, 5.41) is 0. The molecule has 1 heterocycles. The standard InChI is InChI=1S/C14H26N4O2/c15-12-5-2-1-4-11(12)14(20)18-7-3-6-17(8-9-18)10-13(16)19/h11-12H,1-10,15H2,(H2,16,19). The highest BCUT2D eigenvalue weighted by Gasteiger charge is 2.32. The summed E-state index contributed by atoms with van der Waals surface area (Å²) in [6.45, 7) is 3.26. The number of hydrogen-bond acceptors (Lipinski definition) is 4. The summed E-state index contributed by atoms with van der Waals surface area (Å²) in [5.41, 5.74) is 11.3. The lowest BCUT2D eigenvalue weighted by atomic mass is 9.84. The van der Waals surface area contributed by atoms with Crippen molar-refractivity contribution in [1.82, 2.24) is 9.80 Å². The van der Waals surface area contributed by atoms with Gasteiger partial charge < -0.3 is 16.4 Å². The van der Waals surface area contributed by atoms with Crippen molar-refractivity contribution >= 4 is 11.8 Å². The maximum absolute atomic E-state index is 12.6. The molecular formula is C14H26N4O2. The van der Waals surface area contributed by atoms with Crippen molar-refractivity contribution in [1.29, 1.82) is 0 Å². The minimum absolute atomic E-state index is 0.00793. The molecule has 1 saturated carbocycles. The van der Waals surface area contributed by atoms with Gasteiger partial charge in [0.2, 0.25) is 11.8 Å². The summed E-state index contributed by atoms with van der Waals surface area (Å²) in [7, 11) is 0. The highest BCUT2D eigenvalue weighted by atomic mass is 16.2. The molecule has 0 aromatic rings. The molecule has 1 aliphatic carbocycles. The van der Waals surface area contributed by atoms with E-state index in [0.29, 0.717) is 6.54 Å². The first-order valence-corrected chi connectivity index (χ1v) is 7.63. The molecule has 6 heteroatoms. The average molecular weight is 282 g/mol. The summed E-state index contributed by atoms with van der Waals surface area (Å²) in [6.07, 6.45) is 5.00. The summed E-state index contributed by atoms with van der Waals surface area (Å²) in [5.74, 6) is -0.108. The number of carbonyl (C=O) groups is 2. The van der Waals surface area contributed by atoms with E-state index in [0.717, 1.165) is 51.7 Å². The molecule has 4 N–H and O–H groups in total. The summed E-state index contributed by atoms with van der Waals surface area (Å²) in [6, 6.07) is 0.0150. The fourth-order valence-electron chi connectivity index (χ4n) is 3.27. The van der Waals surface area contributed by atoms with E-state index in [4.69, 9.17) is 11.5 Å². The molecule has 0 aromatic heterocycles. The van der Waals surface area contributed by atoms with Crippen molar-refractivity contribution in [3.8, 4) is 0 Å². The molecule has 0 radical (unpaired) electrons. The molecule has 0 bridgehead atoms. The van der Waals surface area contributed by atoms with E-state index in [1.807, 2.05) is 9.80 Å². The molecule has 2 amide bonds. The smallest absolute Gasteiger partial charge is 0.231 e. The van der Waals surface area contributed by atoms with Crippen LogP contribution in [0.15, 0.2) is 0 Å². The van der Waals surface area contributed by atoms with Gasteiger partial charge in [0.25, 0.3) is 0 Å². The fourth-order valence-corrected chi connectivity index (χ4v) is 3.27. The molecule has 2 rings (SSSR count). The molecule has 2 atom stereocenters. The van der Waals surface area contributed by atoms with Crippen LogP contribution in [0.25, 0.3) is 0 Å². The van der Waals surface area contributed by atoms with Crippen molar-refractivity contribution in [3.05, 3.63) is 0 Å². The fraction of sp³-hybridized carbons (Fsp3) is 0.857. The lowest BCUT2D eigenvalue weighted by molar-refractivity contribution is -0.137. The van der Waals surface area contributed by atoms with Crippen molar-refractivity contribution < 1.29 is 9.59 Å². The molecule has 2 unspecified atom stereocenters. The van der Waals surface area contributed by atoms with Gasteiger partial charge in [-0.1, -0.05) is 12.8 Å². The number of rotatable bonds is 3. The number of primary amides is 1. The van der Waals surface area contributed by atoms with Gasteiger partial charge in [0.05, 0.1) is 12.5 Å². The number of carbonyl (C=O) groups excluding carboxylic acids is 2. The second-order valence-corrected chi connectivity index (χ2v) is 5.98. The Morgan fingerprint density at radius 1 is 1.00 bits per heavy atom. The Hall–Kier alpha value is -1.14. The quantitative estimate of drug-likeness (QED) is 0.731. The molecule has 6 nitrogen and oxygen atoms in total. The zero-order chi connectivity index (χ0) is 14.5. The summed E-state index contributed by atoms with van der Waals surface area (Å²) >= 11 is 0. The number of amides is 2.